The third-order valence-electron chi connectivity index (χ3n) is 5.55. The second-order valence-electron chi connectivity index (χ2n) is 8.68. The average molecular weight is 345 g/mol. The van der Waals surface area contributed by atoms with Gasteiger partial charge < -0.3 is 14.7 Å². The van der Waals surface area contributed by atoms with Crippen molar-refractivity contribution in [3.05, 3.63) is 17.8 Å². The van der Waals surface area contributed by atoms with Gasteiger partial charge in [-0.25, -0.2) is 4.98 Å². The molecule has 2 aliphatic heterocycles. The number of rotatable bonds is 2. The number of fused-ring (bicyclic) bond motifs is 3. The van der Waals surface area contributed by atoms with Crippen molar-refractivity contribution in [3.8, 4) is 0 Å². The summed E-state index contributed by atoms with van der Waals surface area (Å²) in [5.74, 6) is 1.94. The molecule has 0 spiro atoms. The van der Waals surface area contributed by atoms with Crippen LogP contribution in [0.15, 0.2) is 12.3 Å². The van der Waals surface area contributed by atoms with Crippen molar-refractivity contribution in [1.82, 2.24) is 9.88 Å². The van der Waals surface area contributed by atoms with Crippen molar-refractivity contribution in [2.75, 3.05) is 43.0 Å². The lowest BCUT2D eigenvalue weighted by Gasteiger charge is -2.48. The molecule has 0 bridgehead atoms. The van der Waals surface area contributed by atoms with Crippen molar-refractivity contribution in [2.24, 2.45) is 5.92 Å². The number of anilines is 2. The van der Waals surface area contributed by atoms with Gasteiger partial charge in [0.1, 0.15) is 4.99 Å². The molecule has 1 aliphatic carbocycles. The number of likely N-dealkylation sites (N-methyl/N-ethyl adjacent to an activating group) is 1. The number of piperazine rings is 1. The SMILES string of the molecule is CN1CCN2c3ncc(C(C)(C)C)cc3N(CC3CC3)C(=S)[C@@H]2C1. The van der Waals surface area contributed by atoms with Crippen LogP contribution in [0.1, 0.15) is 39.2 Å². The van der Waals surface area contributed by atoms with E-state index in [1.807, 2.05) is 0 Å². The molecule has 1 saturated heterocycles. The van der Waals surface area contributed by atoms with Crippen LogP contribution in [0.2, 0.25) is 0 Å². The van der Waals surface area contributed by atoms with E-state index in [1.165, 1.54) is 24.1 Å². The molecule has 1 aromatic heterocycles. The molecule has 0 radical (unpaired) electrons. The highest BCUT2D eigenvalue weighted by atomic mass is 32.1. The molecule has 4 rings (SSSR count). The van der Waals surface area contributed by atoms with Gasteiger partial charge in [0.2, 0.25) is 0 Å². The van der Waals surface area contributed by atoms with Gasteiger partial charge in [-0.15, -0.1) is 0 Å². The lowest BCUT2D eigenvalue weighted by molar-refractivity contribution is 0.291. The summed E-state index contributed by atoms with van der Waals surface area (Å²) in [5, 5.41) is 0. The zero-order valence-electron chi connectivity index (χ0n) is 15.2. The van der Waals surface area contributed by atoms with Crippen molar-refractivity contribution >= 4 is 28.7 Å². The minimum Gasteiger partial charge on any atom is -0.343 e. The second kappa shape index (κ2) is 5.67. The number of thiocarbonyl (C=S) groups is 1. The van der Waals surface area contributed by atoms with Crippen LogP contribution in [0.25, 0.3) is 0 Å². The average Bonchev–Trinajstić information content (AvgIpc) is 3.34. The van der Waals surface area contributed by atoms with E-state index < -0.39 is 0 Å². The third kappa shape index (κ3) is 2.82. The minimum atomic E-state index is 0.105. The third-order valence-corrected chi connectivity index (χ3v) is 6.04. The Morgan fingerprint density at radius 1 is 1.25 bits per heavy atom. The molecule has 3 heterocycles. The highest BCUT2D eigenvalue weighted by molar-refractivity contribution is 7.80. The van der Waals surface area contributed by atoms with Gasteiger partial charge in [-0.05, 0) is 42.9 Å². The summed E-state index contributed by atoms with van der Waals surface area (Å²) in [6.07, 6.45) is 4.75. The first kappa shape index (κ1) is 16.3. The highest BCUT2D eigenvalue weighted by Crippen LogP contribution is 2.41. The summed E-state index contributed by atoms with van der Waals surface area (Å²) < 4.78 is 0. The summed E-state index contributed by atoms with van der Waals surface area (Å²) in [4.78, 5) is 13.2. The second-order valence-corrected chi connectivity index (χ2v) is 9.10. The van der Waals surface area contributed by atoms with E-state index in [2.05, 4.69) is 54.8 Å². The molecule has 0 aromatic carbocycles. The van der Waals surface area contributed by atoms with Crippen molar-refractivity contribution in [1.29, 1.82) is 0 Å². The van der Waals surface area contributed by atoms with Gasteiger partial charge in [0, 0.05) is 32.4 Å². The molecule has 0 unspecified atom stereocenters. The van der Waals surface area contributed by atoms with E-state index in [4.69, 9.17) is 17.2 Å². The van der Waals surface area contributed by atoms with Gasteiger partial charge in [0.05, 0.1) is 11.7 Å². The van der Waals surface area contributed by atoms with Gasteiger partial charge in [-0.2, -0.15) is 0 Å². The molecule has 3 aliphatic rings. The number of aromatic nitrogens is 1. The molecular formula is C19H28N4S. The molecule has 5 heteroatoms. The predicted molar refractivity (Wildman–Crippen MR) is 104 cm³/mol. The van der Waals surface area contributed by atoms with Crippen LogP contribution >= 0.6 is 12.2 Å². The summed E-state index contributed by atoms with van der Waals surface area (Å²) >= 11 is 5.97. The van der Waals surface area contributed by atoms with Gasteiger partial charge in [-0.1, -0.05) is 33.0 Å². The predicted octanol–water partition coefficient (Wildman–Crippen LogP) is 3.06. The molecule has 1 atom stereocenters. The van der Waals surface area contributed by atoms with Gasteiger partial charge in [0.25, 0.3) is 0 Å². The Bertz CT molecular complexity index is 662. The molecule has 0 amide bonds. The standard InChI is InChI=1S/C19H28N4S/c1-19(2,3)14-9-15-17(20-10-14)22-8-7-21(4)12-16(22)18(24)23(15)11-13-5-6-13/h9-10,13,16H,5-8,11-12H2,1-4H3/t16-/m0/s1. The fraction of sp³-hybridized carbons (Fsp3) is 0.684. The molecule has 0 N–H and O–H groups in total. The van der Waals surface area contributed by atoms with E-state index in [-0.39, 0.29) is 11.5 Å². The van der Waals surface area contributed by atoms with Gasteiger partial charge in [0.15, 0.2) is 5.82 Å². The lowest BCUT2D eigenvalue weighted by atomic mass is 9.87. The Morgan fingerprint density at radius 2 is 2.00 bits per heavy atom. The van der Waals surface area contributed by atoms with Crippen molar-refractivity contribution < 1.29 is 0 Å². The van der Waals surface area contributed by atoms with Crippen LogP contribution in [-0.4, -0.2) is 54.1 Å². The van der Waals surface area contributed by atoms with Crippen LogP contribution in [0.3, 0.4) is 0 Å². The maximum absolute atomic E-state index is 5.97. The number of pyridine rings is 1. The minimum absolute atomic E-state index is 0.105. The first-order valence-electron chi connectivity index (χ1n) is 9.11. The first-order valence-corrected chi connectivity index (χ1v) is 9.52. The maximum atomic E-state index is 5.97. The fourth-order valence-corrected chi connectivity index (χ4v) is 4.08. The normalized spacial score (nSPS) is 24.8. The van der Waals surface area contributed by atoms with E-state index in [0.717, 1.165) is 42.9 Å². The summed E-state index contributed by atoms with van der Waals surface area (Å²) in [7, 11) is 2.19. The molecule has 1 saturated carbocycles. The first-order chi connectivity index (χ1) is 11.3. The Labute approximate surface area is 150 Å². The van der Waals surface area contributed by atoms with Crippen LogP contribution in [0, 0.1) is 5.92 Å². The Morgan fingerprint density at radius 3 is 2.67 bits per heavy atom. The molecule has 2 fully saturated rings. The maximum Gasteiger partial charge on any atom is 0.153 e. The van der Waals surface area contributed by atoms with Crippen LogP contribution < -0.4 is 9.80 Å². The zero-order valence-corrected chi connectivity index (χ0v) is 16.1. The Kier molecular flexibility index (Phi) is 3.84. The molecule has 4 nitrogen and oxygen atoms in total. The topological polar surface area (TPSA) is 22.6 Å². The Hall–Kier alpha value is -1.20. The number of hydrogen-bond acceptors (Lipinski definition) is 4. The molecule has 130 valence electrons. The molecule has 1 aromatic rings. The molecular weight excluding hydrogens is 316 g/mol. The largest absolute Gasteiger partial charge is 0.343 e. The van der Waals surface area contributed by atoms with E-state index in [9.17, 15) is 0 Å². The Balaban J connectivity index is 1.78. The highest BCUT2D eigenvalue weighted by Gasteiger charge is 2.41. The van der Waals surface area contributed by atoms with E-state index >= 15 is 0 Å². The monoisotopic (exact) mass is 344 g/mol. The van der Waals surface area contributed by atoms with E-state index in [0.29, 0.717) is 0 Å². The van der Waals surface area contributed by atoms with Gasteiger partial charge >= 0.3 is 0 Å². The quantitative estimate of drug-likeness (QED) is 0.767. The summed E-state index contributed by atoms with van der Waals surface area (Å²) in [5.41, 5.74) is 2.63. The number of hydrogen-bond donors (Lipinski definition) is 0. The number of nitrogens with zero attached hydrogens (tertiary/aromatic N) is 4. The van der Waals surface area contributed by atoms with E-state index in [1.54, 1.807) is 0 Å². The van der Waals surface area contributed by atoms with Gasteiger partial charge in [-0.3, -0.25) is 0 Å². The summed E-state index contributed by atoms with van der Waals surface area (Å²) in [6, 6.07) is 2.63. The lowest BCUT2D eigenvalue weighted by Crippen LogP contribution is -2.62. The molecule has 24 heavy (non-hydrogen) atoms. The zero-order chi connectivity index (χ0) is 17.1. The van der Waals surface area contributed by atoms with Crippen LogP contribution in [0.4, 0.5) is 11.5 Å². The smallest absolute Gasteiger partial charge is 0.153 e. The van der Waals surface area contributed by atoms with Crippen molar-refractivity contribution in [2.45, 2.75) is 45.1 Å². The summed E-state index contributed by atoms with van der Waals surface area (Å²) in [6.45, 7) is 10.9. The van der Waals surface area contributed by atoms with Crippen molar-refractivity contribution in [3.63, 3.8) is 0 Å². The fourth-order valence-electron chi connectivity index (χ4n) is 3.71. The van der Waals surface area contributed by atoms with Crippen LogP contribution in [-0.2, 0) is 5.41 Å². The van der Waals surface area contributed by atoms with Crippen LogP contribution in [0.5, 0.6) is 0 Å².